The van der Waals surface area contributed by atoms with Gasteiger partial charge in [0.2, 0.25) is 0 Å². The first kappa shape index (κ1) is 18.2. The first-order valence-corrected chi connectivity index (χ1v) is 8.68. The molecule has 0 N–H and O–H groups in total. The zero-order chi connectivity index (χ0) is 18.9. The Kier molecular flexibility index (Phi) is 4.84. The minimum atomic E-state index is -0.514. The minimum absolute atomic E-state index is 0.0899. The number of imidazole rings is 1. The van der Waals surface area contributed by atoms with Crippen LogP contribution in [0.25, 0.3) is 11.2 Å². The largest absolute Gasteiger partial charge is 0.464 e. The lowest BCUT2D eigenvalue weighted by atomic mass is 10.1. The van der Waals surface area contributed by atoms with Crippen LogP contribution in [-0.4, -0.2) is 57.3 Å². The summed E-state index contributed by atoms with van der Waals surface area (Å²) in [6.07, 6.45) is 3.24. The van der Waals surface area contributed by atoms with Crippen LogP contribution in [0.5, 0.6) is 0 Å². The quantitative estimate of drug-likeness (QED) is 0.766. The molecule has 0 radical (unpaired) electrons. The predicted octanol–water partition coefficient (Wildman–Crippen LogP) is 2.79. The van der Waals surface area contributed by atoms with Crippen molar-refractivity contribution in [3.63, 3.8) is 0 Å². The molecule has 8 heteroatoms. The molecule has 8 nitrogen and oxygen atoms in total. The van der Waals surface area contributed by atoms with Gasteiger partial charge in [0.05, 0.1) is 25.0 Å². The number of esters is 1. The monoisotopic (exact) mass is 360 g/mol. The van der Waals surface area contributed by atoms with Crippen molar-refractivity contribution in [3.05, 3.63) is 24.2 Å². The summed E-state index contributed by atoms with van der Waals surface area (Å²) < 4.78 is 12.2. The molecule has 1 fully saturated rings. The molecule has 1 aliphatic heterocycles. The molecule has 0 aromatic carbocycles. The maximum absolute atomic E-state index is 12.4. The number of piperidine rings is 1. The Morgan fingerprint density at radius 1 is 1.27 bits per heavy atom. The molecular weight excluding hydrogens is 336 g/mol. The number of rotatable bonds is 2. The summed E-state index contributed by atoms with van der Waals surface area (Å²) in [7, 11) is 1.32. The zero-order valence-corrected chi connectivity index (χ0v) is 15.6. The third-order valence-electron chi connectivity index (χ3n) is 4.27. The number of fused-ring (bicyclic) bond motifs is 1. The van der Waals surface area contributed by atoms with Crippen molar-refractivity contribution in [2.24, 2.45) is 0 Å². The van der Waals surface area contributed by atoms with Gasteiger partial charge in [-0.25, -0.2) is 19.6 Å². The van der Waals surface area contributed by atoms with Crippen molar-refractivity contribution in [1.82, 2.24) is 19.4 Å². The minimum Gasteiger partial charge on any atom is -0.464 e. The maximum Gasteiger partial charge on any atom is 0.410 e. The number of aromatic nitrogens is 3. The summed E-state index contributed by atoms with van der Waals surface area (Å²) in [4.78, 5) is 34.3. The van der Waals surface area contributed by atoms with E-state index >= 15 is 0 Å². The summed E-state index contributed by atoms with van der Waals surface area (Å²) in [5, 5.41) is 0. The highest BCUT2D eigenvalue weighted by atomic mass is 16.6. The highest BCUT2D eigenvalue weighted by molar-refractivity contribution is 5.89. The van der Waals surface area contributed by atoms with Crippen molar-refractivity contribution in [3.8, 4) is 0 Å². The summed E-state index contributed by atoms with van der Waals surface area (Å²) in [5.41, 5.74) is 1.03. The lowest BCUT2D eigenvalue weighted by Crippen LogP contribution is -2.43. The van der Waals surface area contributed by atoms with Gasteiger partial charge in [0.1, 0.15) is 5.60 Å². The van der Waals surface area contributed by atoms with Gasteiger partial charge in [-0.1, -0.05) is 0 Å². The molecule has 1 atom stereocenters. The third-order valence-corrected chi connectivity index (χ3v) is 4.27. The zero-order valence-electron chi connectivity index (χ0n) is 15.6. The van der Waals surface area contributed by atoms with Gasteiger partial charge in [-0.05, 0) is 45.7 Å². The smallest absolute Gasteiger partial charge is 0.410 e. The van der Waals surface area contributed by atoms with E-state index < -0.39 is 11.6 Å². The Hall–Kier alpha value is -2.64. The second-order valence-corrected chi connectivity index (χ2v) is 7.41. The van der Waals surface area contributed by atoms with Crippen LogP contribution in [0.2, 0.25) is 0 Å². The molecule has 2 aromatic heterocycles. The van der Waals surface area contributed by atoms with Crippen LogP contribution in [0.4, 0.5) is 4.79 Å². The summed E-state index contributed by atoms with van der Waals surface area (Å²) in [5.74, 6) is -0.491. The molecule has 26 heavy (non-hydrogen) atoms. The highest BCUT2D eigenvalue weighted by Gasteiger charge is 2.29. The SMILES string of the molecule is COC(=O)c1ccc2c(ncn2[C@@H]2CCCN(C(=O)OC(C)(C)C)C2)n1. The second kappa shape index (κ2) is 6.93. The van der Waals surface area contributed by atoms with E-state index in [1.165, 1.54) is 7.11 Å². The normalized spacial score (nSPS) is 18.0. The van der Waals surface area contributed by atoms with Gasteiger partial charge < -0.3 is 18.9 Å². The topological polar surface area (TPSA) is 86.6 Å². The van der Waals surface area contributed by atoms with E-state index in [9.17, 15) is 9.59 Å². The fraction of sp³-hybridized carbons (Fsp3) is 0.556. The molecule has 140 valence electrons. The number of hydrogen-bond acceptors (Lipinski definition) is 6. The van der Waals surface area contributed by atoms with E-state index in [1.54, 1.807) is 17.3 Å². The summed E-state index contributed by atoms with van der Waals surface area (Å²) in [6.45, 7) is 6.82. The lowest BCUT2D eigenvalue weighted by molar-refractivity contribution is 0.0174. The lowest BCUT2D eigenvalue weighted by Gasteiger charge is -2.34. The van der Waals surface area contributed by atoms with Gasteiger partial charge in [0.25, 0.3) is 0 Å². The number of amides is 1. The van der Waals surface area contributed by atoms with Crippen LogP contribution in [-0.2, 0) is 9.47 Å². The van der Waals surface area contributed by atoms with E-state index in [0.29, 0.717) is 18.7 Å². The van der Waals surface area contributed by atoms with Crippen molar-refractivity contribution in [2.75, 3.05) is 20.2 Å². The van der Waals surface area contributed by atoms with Gasteiger partial charge in [-0.15, -0.1) is 0 Å². The van der Waals surface area contributed by atoms with Gasteiger partial charge in [0.15, 0.2) is 11.3 Å². The van der Waals surface area contributed by atoms with Crippen molar-refractivity contribution >= 4 is 23.2 Å². The fourth-order valence-corrected chi connectivity index (χ4v) is 3.10. The summed E-state index contributed by atoms with van der Waals surface area (Å²) in [6, 6.07) is 3.53. The van der Waals surface area contributed by atoms with E-state index in [2.05, 4.69) is 9.97 Å². The third kappa shape index (κ3) is 3.79. The summed E-state index contributed by atoms with van der Waals surface area (Å²) >= 11 is 0. The van der Waals surface area contributed by atoms with Crippen molar-refractivity contribution in [2.45, 2.75) is 45.3 Å². The molecule has 1 saturated heterocycles. The molecular formula is C18H24N4O4. The standard InChI is InChI=1S/C18H24N4O4/c1-18(2,3)26-17(24)21-9-5-6-12(10-21)22-11-19-15-14(22)8-7-13(20-15)16(23)25-4/h7-8,11-12H,5-6,9-10H2,1-4H3/t12-/m1/s1. The molecule has 1 amide bonds. The van der Waals surface area contributed by atoms with E-state index in [1.807, 2.05) is 31.4 Å². The Morgan fingerprint density at radius 3 is 2.73 bits per heavy atom. The van der Waals surface area contributed by atoms with Crippen LogP contribution < -0.4 is 0 Å². The van der Waals surface area contributed by atoms with Crippen LogP contribution in [0, 0.1) is 0 Å². The molecule has 2 aromatic rings. The Labute approximate surface area is 152 Å². The Balaban J connectivity index is 1.80. The van der Waals surface area contributed by atoms with Crippen LogP contribution >= 0.6 is 0 Å². The molecule has 0 bridgehead atoms. The Bertz CT molecular complexity index is 824. The Morgan fingerprint density at radius 2 is 2.04 bits per heavy atom. The fourth-order valence-electron chi connectivity index (χ4n) is 3.10. The predicted molar refractivity (Wildman–Crippen MR) is 94.9 cm³/mol. The van der Waals surface area contributed by atoms with Crippen LogP contribution in [0.3, 0.4) is 0 Å². The molecule has 3 heterocycles. The van der Waals surface area contributed by atoms with Crippen molar-refractivity contribution in [1.29, 1.82) is 0 Å². The van der Waals surface area contributed by atoms with Crippen molar-refractivity contribution < 1.29 is 19.1 Å². The number of carbonyl (C=O) groups excluding carboxylic acids is 2. The molecule has 0 unspecified atom stereocenters. The number of nitrogens with zero attached hydrogens (tertiary/aromatic N) is 4. The van der Waals surface area contributed by atoms with E-state index in [-0.39, 0.29) is 17.8 Å². The number of hydrogen-bond donors (Lipinski definition) is 0. The van der Waals surface area contributed by atoms with Crippen LogP contribution in [0.1, 0.15) is 50.1 Å². The highest BCUT2D eigenvalue weighted by Crippen LogP contribution is 2.26. The second-order valence-electron chi connectivity index (χ2n) is 7.41. The first-order valence-electron chi connectivity index (χ1n) is 8.68. The van der Waals surface area contributed by atoms with E-state index in [0.717, 1.165) is 18.4 Å². The number of ether oxygens (including phenoxy) is 2. The van der Waals surface area contributed by atoms with Crippen LogP contribution in [0.15, 0.2) is 18.5 Å². The van der Waals surface area contributed by atoms with Gasteiger partial charge in [0, 0.05) is 13.1 Å². The molecule has 0 saturated carbocycles. The van der Waals surface area contributed by atoms with Gasteiger partial charge >= 0.3 is 12.1 Å². The van der Waals surface area contributed by atoms with Gasteiger partial charge in [-0.3, -0.25) is 0 Å². The number of carbonyl (C=O) groups is 2. The van der Waals surface area contributed by atoms with Gasteiger partial charge in [-0.2, -0.15) is 0 Å². The molecule has 0 aliphatic carbocycles. The molecule has 3 rings (SSSR count). The number of methoxy groups -OCH3 is 1. The first-order chi connectivity index (χ1) is 12.3. The molecule has 0 spiro atoms. The number of pyridine rings is 1. The average Bonchev–Trinajstić information content (AvgIpc) is 3.02. The molecule has 1 aliphatic rings. The number of likely N-dealkylation sites (tertiary alicyclic amines) is 1. The van der Waals surface area contributed by atoms with E-state index in [4.69, 9.17) is 9.47 Å². The average molecular weight is 360 g/mol. The maximum atomic E-state index is 12.4.